The highest BCUT2D eigenvalue weighted by atomic mass is 79.9. The molecule has 0 saturated carbocycles. The highest BCUT2D eigenvalue weighted by molar-refractivity contribution is 9.10. The van der Waals surface area contributed by atoms with Gasteiger partial charge in [-0.05, 0) is 46.3 Å². The van der Waals surface area contributed by atoms with E-state index in [4.69, 9.17) is 28.9 Å². The number of benzene rings is 2. The normalized spacial score (nSPS) is 11.3. The lowest BCUT2D eigenvalue weighted by Gasteiger charge is -2.11. The number of rotatable bonds is 3. The number of nitrogens with two attached hydrogens (primary N) is 1. The van der Waals surface area contributed by atoms with Crippen LogP contribution in [0.15, 0.2) is 45.8 Å². The van der Waals surface area contributed by atoms with Crippen molar-refractivity contribution >= 4 is 60.5 Å². The van der Waals surface area contributed by atoms with Gasteiger partial charge in [0.15, 0.2) is 0 Å². The summed E-state index contributed by atoms with van der Waals surface area (Å²) < 4.78 is 27.4. The fourth-order valence-corrected chi connectivity index (χ4v) is 3.49. The van der Waals surface area contributed by atoms with Crippen LogP contribution in [0.5, 0.6) is 0 Å². The molecule has 0 spiro atoms. The number of sulfonamides is 1. The summed E-state index contributed by atoms with van der Waals surface area (Å²) in [6.45, 7) is 0. The van der Waals surface area contributed by atoms with Crippen molar-refractivity contribution in [2.45, 2.75) is 4.90 Å². The minimum Gasteiger partial charge on any atom is -0.399 e. The molecule has 8 heteroatoms. The van der Waals surface area contributed by atoms with E-state index in [-0.39, 0.29) is 20.6 Å². The first kappa shape index (κ1) is 15.4. The van der Waals surface area contributed by atoms with E-state index in [1.54, 1.807) is 18.2 Å². The van der Waals surface area contributed by atoms with Crippen molar-refractivity contribution < 1.29 is 8.42 Å². The van der Waals surface area contributed by atoms with Crippen LogP contribution in [0.1, 0.15) is 0 Å². The lowest BCUT2D eigenvalue weighted by atomic mass is 10.3. The summed E-state index contributed by atoms with van der Waals surface area (Å²) >= 11 is 15.2. The van der Waals surface area contributed by atoms with Crippen LogP contribution in [0, 0.1) is 0 Å². The van der Waals surface area contributed by atoms with E-state index in [0.717, 1.165) is 0 Å². The molecule has 4 nitrogen and oxygen atoms in total. The van der Waals surface area contributed by atoms with Crippen LogP contribution in [-0.4, -0.2) is 8.42 Å². The molecule has 0 saturated heterocycles. The van der Waals surface area contributed by atoms with Gasteiger partial charge in [-0.15, -0.1) is 0 Å². The molecule has 0 aliphatic carbocycles. The van der Waals surface area contributed by atoms with Gasteiger partial charge in [-0.25, -0.2) is 8.42 Å². The van der Waals surface area contributed by atoms with Crippen molar-refractivity contribution in [1.29, 1.82) is 0 Å². The summed E-state index contributed by atoms with van der Waals surface area (Å²) in [6, 6.07) is 9.07. The number of nitrogen functional groups attached to an aromatic ring is 1. The van der Waals surface area contributed by atoms with Gasteiger partial charge in [-0.1, -0.05) is 29.3 Å². The van der Waals surface area contributed by atoms with Gasteiger partial charge in [0.05, 0.1) is 20.6 Å². The third-order valence-corrected chi connectivity index (χ3v) is 5.58. The maximum Gasteiger partial charge on any atom is 0.262 e. The highest BCUT2D eigenvalue weighted by Gasteiger charge is 2.17. The van der Waals surface area contributed by atoms with Crippen LogP contribution in [-0.2, 0) is 10.0 Å². The van der Waals surface area contributed by atoms with E-state index < -0.39 is 10.0 Å². The fraction of sp³-hybridized carbons (Fsp3) is 0. The molecular formula is C12H9BrCl2N2O2S. The Hall–Kier alpha value is -0.950. The molecule has 0 heterocycles. The number of halogens is 3. The van der Waals surface area contributed by atoms with Crippen LogP contribution in [0.3, 0.4) is 0 Å². The van der Waals surface area contributed by atoms with Gasteiger partial charge in [0.2, 0.25) is 0 Å². The molecule has 106 valence electrons. The first-order valence-electron chi connectivity index (χ1n) is 5.33. The average molecular weight is 396 g/mol. The first-order valence-corrected chi connectivity index (χ1v) is 8.36. The van der Waals surface area contributed by atoms with Gasteiger partial charge in [0, 0.05) is 10.2 Å². The molecule has 0 amide bonds. The quantitative estimate of drug-likeness (QED) is 0.605. The second kappa shape index (κ2) is 5.81. The Labute approximate surface area is 135 Å². The Bertz CT molecular complexity index is 766. The van der Waals surface area contributed by atoms with Gasteiger partial charge < -0.3 is 5.73 Å². The van der Waals surface area contributed by atoms with E-state index in [0.29, 0.717) is 10.2 Å². The maximum absolute atomic E-state index is 12.2. The van der Waals surface area contributed by atoms with E-state index >= 15 is 0 Å². The largest absolute Gasteiger partial charge is 0.399 e. The van der Waals surface area contributed by atoms with Crippen molar-refractivity contribution in [3.63, 3.8) is 0 Å². The van der Waals surface area contributed by atoms with Gasteiger partial charge in [0.25, 0.3) is 10.0 Å². The first-order chi connectivity index (χ1) is 9.31. The molecule has 0 radical (unpaired) electrons. The minimum atomic E-state index is -3.78. The zero-order chi connectivity index (χ0) is 14.9. The molecule has 0 aliphatic rings. The summed E-state index contributed by atoms with van der Waals surface area (Å²) in [6.07, 6.45) is 0. The van der Waals surface area contributed by atoms with Gasteiger partial charge >= 0.3 is 0 Å². The standard InChI is InChI=1S/C12H9BrCl2N2O2S/c13-9-4-5-10(12(15)11(9)14)17-20(18,19)8-3-1-2-7(16)6-8/h1-6,17H,16H2. The molecule has 2 aromatic rings. The molecule has 0 aliphatic heterocycles. The lowest BCUT2D eigenvalue weighted by Crippen LogP contribution is -2.13. The molecular weight excluding hydrogens is 387 g/mol. The Morgan fingerprint density at radius 1 is 1.10 bits per heavy atom. The number of hydrogen-bond acceptors (Lipinski definition) is 3. The molecule has 0 bridgehead atoms. The van der Waals surface area contributed by atoms with Crippen LogP contribution in [0.4, 0.5) is 11.4 Å². The fourth-order valence-electron chi connectivity index (χ4n) is 1.49. The van der Waals surface area contributed by atoms with Crippen molar-refractivity contribution in [1.82, 2.24) is 0 Å². The van der Waals surface area contributed by atoms with E-state index in [1.165, 1.54) is 18.2 Å². The molecule has 20 heavy (non-hydrogen) atoms. The Morgan fingerprint density at radius 3 is 2.45 bits per heavy atom. The number of hydrogen-bond donors (Lipinski definition) is 2. The predicted molar refractivity (Wildman–Crippen MR) is 85.8 cm³/mol. The van der Waals surface area contributed by atoms with Crippen molar-refractivity contribution in [3.8, 4) is 0 Å². The summed E-state index contributed by atoms with van der Waals surface area (Å²) in [5.74, 6) is 0. The summed E-state index contributed by atoms with van der Waals surface area (Å²) in [4.78, 5) is 0.0487. The van der Waals surface area contributed by atoms with Crippen LogP contribution >= 0.6 is 39.1 Å². The van der Waals surface area contributed by atoms with Crippen LogP contribution in [0.25, 0.3) is 0 Å². The molecule has 2 aromatic carbocycles. The number of nitrogens with one attached hydrogen (secondary N) is 1. The maximum atomic E-state index is 12.2. The topological polar surface area (TPSA) is 72.2 Å². The van der Waals surface area contributed by atoms with Gasteiger partial charge in [-0.3, -0.25) is 4.72 Å². The molecule has 2 rings (SSSR count). The third kappa shape index (κ3) is 3.20. The summed E-state index contributed by atoms with van der Waals surface area (Å²) in [5, 5.41) is 0.355. The molecule has 0 atom stereocenters. The molecule has 0 fully saturated rings. The van der Waals surface area contributed by atoms with Crippen LogP contribution in [0.2, 0.25) is 10.0 Å². The van der Waals surface area contributed by atoms with Crippen molar-refractivity contribution in [2.24, 2.45) is 0 Å². The second-order valence-corrected chi connectivity index (χ2v) is 7.19. The van der Waals surface area contributed by atoms with E-state index in [1.807, 2.05) is 0 Å². The Balaban J connectivity index is 2.41. The lowest BCUT2D eigenvalue weighted by molar-refractivity contribution is 0.601. The SMILES string of the molecule is Nc1cccc(S(=O)(=O)Nc2ccc(Br)c(Cl)c2Cl)c1. The Kier molecular flexibility index (Phi) is 4.49. The molecule has 0 unspecified atom stereocenters. The Morgan fingerprint density at radius 2 is 1.80 bits per heavy atom. The van der Waals surface area contributed by atoms with Gasteiger partial charge in [0.1, 0.15) is 0 Å². The second-order valence-electron chi connectivity index (χ2n) is 3.90. The minimum absolute atomic E-state index is 0.0487. The highest BCUT2D eigenvalue weighted by Crippen LogP contribution is 2.36. The van der Waals surface area contributed by atoms with Crippen LogP contribution < -0.4 is 10.5 Å². The monoisotopic (exact) mass is 394 g/mol. The third-order valence-electron chi connectivity index (χ3n) is 2.45. The van der Waals surface area contributed by atoms with E-state index in [9.17, 15) is 8.42 Å². The van der Waals surface area contributed by atoms with E-state index in [2.05, 4.69) is 20.7 Å². The molecule has 0 aromatic heterocycles. The molecule has 3 N–H and O–H groups in total. The number of anilines is 2. The smallest absolute Gasteiger partial charge is 0.262 e. The van der Waals surface area contributed by atoms with Gasteiger partial charge in [-0.2, -0.15) is 0 Å². The average Bonchev–Trinajstić information content (AvgIpc) is 2.39. The predicted octanol–water partition coefficient (Wildman–Crippen LogP) is 4.14. The van der Waals surface area contributed by atoms with Crippen molar-refractivity contribution in [2.75, 3.05) is 10.5 Å². The summed E-state index contributed by atoms with van der Waals surface area (Å²) in [7, 11) is -3.78. The van der Waals surface area contributed by atoms with Crippen molar-refractivity contribution in [3.05, 3.63) is 50.9 Å². The summed E-state index contributed by atoms with van der Waals surface area (Å²) in [5.41, 5.74) is 6.13. The zero-order valence-electron chi connectivity index (χ0n) is 9.90. The zero-order valence-corrected chi connectivity index (χ0v) is 13.8.